The van der Waals surface area contributed by atoms with Crippen molar-refractivity contribution in [1.82, 2.24) is 14.9 Å². The molecule has 3 aromatic rings. The Morgan fingerprint density at radius 2 is 1.61 bits per heavy atom. The maximum atomic E-state index is 6.06. The number of aliphatic imine (C=N–C) groups is 1. The summed E-state index contributed by atoms with van der Waals surface area (Å²) >= 11 is 11.6. The minimum absolute atomic E-state index is 0.339. The summed E-state index contributed by atoms with van der Waals surface area (Å²) in [7, 11) is 0. The van der Waals surface area contributed by atoms with Crippen molar-refractivity contribution in [3.8, 4) is 5.75 Å². The number of halogens is 1. The molecule has 0 unspecified atom stereocenters. The lowest BCUT2D eigenvalue weighted by Gasteiger charge is -2.37. The van der Waals surface area contributed by atoms with Gasteiger partial charge in [-0.3, -0.25) is 5.32 Å². The van der Waals surface area contributed by atoms with E-state index in [4.69, 9.17) is 33.5 Å². The third-order valence-electron chi connectivity index (χ3n) is 5.60. The molecule has 0 spiro atoms. The van der Waals surface area contributed by atoms with Crippen LogP contribution in [-0.4, -0.2) is 58.7 Å². The van der Waals surface area contributed by atoms with Crippen molar-refractivity contribution in [1.29, 1.82) is 0 Å². The summed E-state index contributed by atoms with van der Waals surface area (Å²) < 4.78 is 5.51. The van der Waals surface area contributed by atoms with E-state index in [1.165, 1.54) is 0 Å². The molecule has 8 nitrogen and oxygen atoms in total. The van der Waals surface area contributed by atoms with Crippen molar-refractivity contribution in [2.24, 2.45) is 4.99 Å². The predicted octanol–water partition coefficient (Wildman–Crippen LogP) is 5.13. The molecule has 0 radical (unpaired) electrons. The molecule has 36 heavy (non-hydrogen) atoms. The normalized spacial score (nSPS) is 13.9. The number of guanidine groups is 1. The monoisotopic (exact) mass is 523 g/mol. The SMILES string of the molecule is CCOc1ccc(NC(=S)/N=C(/Nc2nc(C)cc(C)n2)N2CCN(c3ccc(Cl)cc3)CC2)cc1. The fourth-order valence-corrected chi connectivity index (χ4v) is 4.27. The van der Waals surface area contributed by atoms with Crippen molar-refractivity contribution in [3.63, 3.8) is 0 Å². The molecule has 0 bridgehead atoms. The minimum Gasteiger partial charge on any atom is -0.494 e. The van der Waals surface area contributed by atoms with Crippen LogP contribution in [0.1, 0.15) is 18.3 Å². The van der Waals surface area contributed by atoms with Gasteiger partial charge in [0.25, 0.3) is 0 Å². The molecule has 0 aliphatic carbocycles. The van der Waals surface area contributed by atoms with Crippen LogP contribution >= 0.6 is 23.8 Å². The highest BCUT2D eigenvalue weighted by Crippen LogP contribution is 2.20. The molecule has 1 aromatic heterocycles. The molecular weight excluding hydrogens is 494 g/mol. The number of anilines is 3. The van der Waals surface area contributed by atoms with Crippen LogP contribution in [0.25, 0.3) is 0 Å². The summed E-state index contributed by atoms with van der Waals surface area (Å²) in [4.78, 5) is 18.3. The van der Waals surface area contributed by atoms with Crippen LogP contribution < -0.4 is 20.3 Å². The summed E-state index contributed by atoms with van der Waals surface area (Å²) in [6.45, 7) is 9.63. The van der Waals surface area contributed by atoms with E-state index in [1.54, 1.807) is 0 Å². The maximum Gasteiger partial charge on any atom is 0.229 e. The van der Waals surface area contributed by atoms with E-state index in [1.807, 2.05) is 75.4 Å². The standard InChI is InChI=1S/C26H30ClN7OS/c1-4-35-23-11-7-21(8-12-23)30-26(36)32-25(31-24-28-18(2)17-19(3)29-24)34-15-13-33(14-16-34)22-9-5-20(27)6-10-22/h5-12,17H,4,13-16H2,1-3H3,(H2,28,29,30,31,32,36). The molecule has 1 saturated heterocycles. The van der Waals surface area contributed by atoms with Gasteiger partial charge in [-0.1, -0.05) is 11.6 Å². The zero-order valence-electron chi connectivity index (χ0n) is 20.7. The maximum absolute atomic E-state index is 6.06. The largest absolute Gasteiger partial charge is 0.494 e. The van der Waals surface area contributed by atoms with Gasteiger partial charge in [0.2, 0.25) is 17.0 Å². The van der Waals surface area contributed by atoms with Crippen molar-refractivity contribution >= 4 is 52.2 Å². The van der Waals surface area contributed by atoms with Crippen LogP contribution in [0.15, 0.2) is 59.6 Å². The lowest BCUT2D eigenvalue weighted by molar-refractivity contribution is 0.340. The van der Waals surface area contributed by atoms with Gasteiger partial charge in [-0.25, -0.2) is 9.97 Å². The highest BCUT2D eigenvalue weighted by Gasteiger charge is 2.21. The third-order valence-corrected chi connectivity index (χ3v) is 6.05. The van der Waals surface area contributed by atoms with Crippen LogP contribution in [0.4, 0.5) is 17.3 Å². The van der Waals surface area contributed by atoms with Crippen LogP contribution in [0.5, 0.6) is 5.75 Å². The Bertz CT molecular complexity index is 1190. The van der Waals surface area contributed by atoms with Crippen LogP contribution in [0.2, 0.25) is 5.02 Å². The second-order valence-electron chi connectivity index (χ2n) is 8.37. The average molecular weight is 524 g/mol. The third kappa shape index (κ3) is 7.05. The molecule has 1 aliphatic heterocycles. The van der Waals surface area contributed by atoms with Gasteiger partial charge in [0.1, 0.15) is 5.75 Å². The van der Waals surface area contributed by atoms with Gasteiger partial charge in [-0.15, -0.1) is 0 Å². The molecule has 4 rings (SSSR count). The van der Waals surface area contributed by atoms with E-state index in [2.05, 4.69) is 30.4 Å². The number of hydrogen-bond donors (Lipinski definition) is 2. The molecule has 0 saturated carbocycles. The number of benzene rings is 2. The number of nitrogens with zero attached hydrogens (tertiary/aromatic N) is 5. The number of aryl methyl sites for hydroxylation is 2. The molecule has 188 valence electrons. The summed E-state index contributed by atoms with van der Waals surface area (Å²) in [5.74, 6) is 1.92. The first-order chi connectivity index (χ1) is 17.4. The zero-order chi connectivity index (χ0) is 25.5. The fourth-order valence-electron chi connectivity index (χ4n) is 3.94. The Balaban J connectivity index is 1.50. The number of nitrogens with one attached hydrogen (secondary N) is 2. The number of rotatable bonds is 5. The Kier molecular flexibility index (Phi) is 8.56. The first-order valence-electron chi connectivity index (χ1n) is 11.9. The van der Waals surface area contributed by atoms with Crippen molar-refractivity contribution < 1.29 is 4.74 Å². The lowest BCUT2D eigenvalue weighted by atomic mass is 10.2. The van der Waals surface area contributed by atoms with E-state index < -0.39 is 0 Å². The van der Waals surface area contributed by atoms with E-state index in [0.29, 0.717) is 23.6 Å². The van der Waals surface area contributed by atoms with Gasteiger partial charge in [0.15, 0.2) is 0 Å². The number of thiocarbonyl (C=S) groups is 1. The van der Waals surface area contributed by atoms with Gasteiger partial charge in [-0.2, -0.15) is 4.99 Å². The quantitative estimate of drug-likeness (QED) is 0.271. The van der Waals surface area contributed by atoms with Gasteiger partial charge in [0.05, 0.1) is 6.61 Å². The van der Waals surface area contributed by atoms with E-state index in [0.717, 1.165) is 59.7 Å². The molecule has 1 aliphatic rings. The molecule has 1 fully saturated rings. The molecule has 0 amide bonds. The summed E-state index contributed by atoms with van der Waals surface area (Å²) in [6.07, 6.45) is 0. The van der Waals surface area contributed by atoms with Crippen LogP contribution in [0.3, 0.4) is 0 Å². The second kappa shape index (κ2) is 12.0. The van der Waals surface area contributed by atoms with Gasteiger partial charge < -0.3 is 19.9 Å². The molecule has 0 atom stereocenters. The summed E-state index contributed by atoms with van der Waals surface area (Å²) in [6, 6.07) is 17.5. The van der Waals surface area contributed by atoms with E-state index in [9.17, 15) is 0 Å². The number of aromatic nitrogens is 2. The number of ether oxygens (including phenoxy) is 1. The fraction of sp³-hybridized carbons (Fsp3) is 0.308. The summed E-state index contributed by atoms with van der Waals surface area (Å²) in [5, 5.41) is 7.57. The Morgan fingerprint density at radius 1 is 0.972 bits per heavy atom. The second-order valence-corrected chi connectivity index (χ2v) is 9.20. The van der Waals surface area contributed by atoms with Gasteiger partial charge in [0, 0.05) is 54.0 Å². The Morgan fingerprint density at radius 3 is 2.22 bits per heavy atom. The molecule has 2 N–H and O–H groups in total. The molecule has 10 heteroatoms. The first-order valence-corrected chi connectivity index (χ1v) is 12.7. The topological polar surface area (TPSA) is 77.9 Å². The van der Waals surface area contributed by atoms with Crippen LogP contribution in [-0.2, 0) is 0 Å². The zero-order valence-corrected chi connectivity index (χ0v) is 22.2. The van der Waals surface area contributed by atoms with Crippen molar-refractivity contribution in [2.45, 2.75) is 20.8 Å². The van der Waals surface area contributed by atoms with Gasteiger partial charge in [-0.05, 0) is 87.6 Å². The molecular formula is C26H30ClN7OS. The first kappa shape index (κ1) is 25.7. The Hall–Kier alpha value is -3.43. The predicted molar refractivity (Wildman–Crippen MR) is 152 cm³/mol. The van der Waals surface area contributed by atoms with E-state index in [-0.39, 0.29) is 0 Å². The minimum atomic E-state index is 0.339. The van der Waals surface area contributed by atoms with Crippen molar-refractivity contribution in [3.05, 3.63) is 71.0 Å². The average Bonchev–Trinajstić information content (AvgIpc) is 2.85. The van der Waals surface area contributed by atoms with Gasteiger partial charge >= 0.3 is 0 Å². The Labute approximate surface area is 222 Å². The van der Waals surface area contributed by atoms with E-state index >= 15 is 0 Å². The number of hydrogen-bond acceptors (Lipinski definition) is 5. The smallest absolute Gasteiger partial charge is 0.229 e. The molecule has 2 heterocycles. The summed E-state index contributed by atoms with van der Waals surface area (Å²) in [5.41, 5.74) is 3.75. The highest BCUT2D eigenvalue weighted by molar-refractivity contribution is 7.80. The highest BCUT2D eigenvalue weighted by atomic mass is 35.5. The van der Waals surface area contributed by atoms with Crippen LogP contribution in [0, 0.1) is 13.8 Å². The number of piperazine rings is 1. The van der Waals surface area contributed by atoms with Crippen molar-refractivity contribution in [2.75, 3.05) is 48.3 Å². The lowest BCUT2D eigenvalue weighted by Crippen LogP contribution is -2.51. The molecule has 2 aromatic carbocycles.